The smallest absolute Gasteiger partial charge is 0.0701 e. The number of ether oxygens (including phenoxy) is 4. The first kappa shape index (κ1) is 16.8. The molecule has 0 aromatic carbocycles. The molecule has 0 aromatic heterocycles. The van der Waals surface area contributed by atoms with Crippen molar-refractivity contribution in [1.29, 1.82) is 0 Å². The Morgan fingerprint density at radius 2 is 1.53 bits per heavy atom. The number of methoxy groups -OCH3 is 2. The van der Waals surface area contributed by atoms with Crippen molar-refractivity contribution in [2.75, 3.05) is 60.4 Å². The summed E-state index contributed by atoms with van der Waals surface area (Å²) in [6.45, 7) is 6.96. The number of nitrogens with one attached hydrogen (secondary N) is 1. The van der Waals surface area contributed by atoms with E-state index in [0.717, 1.165) is 19.6 Å². The quantitative estimate of drug-likeness (QED) is 0.486. The van der Waals surface area contributed by atoms with Crippen molar-refractivity contribution in [2.24, 2.45) is 0 Å². The summed E-state index contributed by atoms with van der Waals surface area (Å²) in [7, 11) is 3.38. The van der Waals surface area contributed by atoms with E-state index >= 15 is 0 Å². The Hall–Kier alpha value is -0.200. The molecule has 0 aliphatic carbocycles. The van der Waals surface area contributed by atoms with E-state index in [1.807, 2.05) is 0 Å². The lowest BCUT2D eigenvalue weighted by Gasteiger charge is -2.15. The summed E-state index contributed by atoms with van der Waals surface area (Å²) < 4.78 is 20.6. The maximum Gasteiger partial charge on any atom is 0.0701 e. The molecule has 0 radical (unpaired) electrons. The van der Waals surface area contributed by atoms with Crippen molar-refractivity contribution < 1.29 is 18.9 Å². The number of rotatable bonds is 13. The molecule has 0 rings (SSSR count). The highest BCUT2D eigenvalue weighted by molar-refractivity contribution is 4.62. The minimum Gasteiger partial charge on any atom is -0.383 e. The molecule has 0 saturated heterocycles. The van der Waals surface area contributed by atoms with Gasteiger partial charge < -0.3 is 24.3 Å². The highest BCUT2D eigenvalue weighted by atomic mass is 16.5. The molecule has 0 bridgehead atoms. The molecule has 0 heterocycles. The van der Waals surface area contributed by atoms with E-state index < -0.39 is 0 Å². The van der Waals surface area contributed by atoms with Crippen LogP contribution in [0.15, 0.2) is 0 Å². The normalized spacial score (nSPS) is 12.9. The second-order valence-corrected chi connectivity index (χ2v) is 3.73. The lowest BCUT2D eigenvalue weighted by molar-refractivity contribution is 0.0247. The van der Waals surface area contributed by atoms with Crippen LogP contribution < -0.4 is 5.32 Å². The third-order valence-electron chi connectivity index (χ3n) is 2.34. The van der Waals surface area contributed by atoms with E-state index in [1.54, 1.807) is 14.2 Å². The minimum absolute atomic E-state index is 0.418. The van der Waals surface area contributed by atoms with Gasteiger partial charge in [-0.05, 0) is 6.42 Å². The van der Waals surface area contributed by atoms with Gasteiger partial charge in [0.05, 0.1) is 39.6 Å². The fourth-order valence-corrected chi connectivity index (χ4v) is 1.32. The second kappa shape index (κ2) is 13.9. The SMILES string of the molecule is CCC(COC)NCCOCCOCCOC. The molecule has 17 heavy (non-hydrogen) atoms. The van der Waals surface area contributed by atoms with Gasteiger partial charge in [0.1, 0.15) is 0 Å². The third kappa shape index (κ3) is 12.1. The summed E-state index contributed by atoms with van der Waals surface area (Å²) in [5.41, 5.74) is 0. The van der Waals surface area contributed by atoms with Crippen LogP contribution in [-0.2, 0) is 18.9 Å². The maximum absolute atomic E-state index is 5.42. The molecule has 0 saturated carbocycles. The van der Waals surface area contributed by atoms with Crippen LogP contribution >= 0.6 is 0 Å². The van der Waals surface area contributed by atoms with Crippen LogP contribution in [0.3, 0.4) is 0 Å². The van der Waals surface area contributed by atoms with Crippen LogP contribution in [0.2, 0.25) is 0 Å². The fourth-order valence-electron chi connectivity index (χ4n) is 1.32. The zero-order valence-corrected chi connectivity index (χ0v) is 11.4. The summed E-state index contributed by atoms with van der Waals surface area (Å²) in [5, 5.41) is 3.37. The molecular formula is C12H27NO4. The standard InChI is InChI=1S/C12H27NO4/c1-4-12(11-15-3)13-5-6-16-9-10-17-8-7-14-2/h12-13H,4-11H2,1-3H3. The molecule has 0 aromatic rings. The largest absolute Gasteiger partial charge is 0.383 e. The lowest BCUT2D eigenvalue weighted by atomic mass is 10.2. The minimum atomic E-state index is 0.418. The Labute approximate surface area is 105 Å². The highest BCUT2D eigenvalue weighted by Gasteiger charge is 2.03. The highest BCUT2D eigenvalue weighted by Crippen LogP contribution is 1.90. The van der Waals surface area contributed by atoms with Gasteiger partial charge in [-0.1, -0.05) is 6.92 Å². The van der Waals surface area contributed by atoms with Gasteiger partial charge in [0, 0.05) is 26.8 Å². The van der Waals surface area contributed by atoms with Crippen LogP contribution in [0, 0.1) is 0 Å². The lowest BCUT2D eigenvalue weighted by Crippen LogP contribution is -2.35. The van der Waals surface area contributed by atoms with Gasteiger partial charge in [-0.2, -0.15) is 0 Å². The summed E-state index contributed by atoms with van der Waals surface area (Å²) in [6.07, 6.45) is 1.06. The van der Waals surface area contributed by atoms with Crippen molar-refractivity contribution in [2.45, 2.75) is 19.4 Å². The van der Waals surface area contributed by atoms with Gasteiger partial charge in [-0.15, -0.1) is 0 Å². The average molecular weight is 249 g/mol. The molecule has 5 nitrogen and oxygen atoms in total. The summed E-state index contributed by atoms with van der Waals surface area (Å²) in [5.74, 6) is 0. The van der Waals surface area contributed by atoms with Crippen molar-refractivity contribution in [3.05, 3.63) is 0 Å². The van der Waals surface area contributed by atoms with Crippen LogP contribution in [0.1, 0.15) is 13.3 Å². The van der Waals surface area contributed by atoms with Crippen molar-refractivity contribution in [1.82, 2.24) is 5.32 Å². The fraction of sp³-hybridized carbons (Fsp3) is 1.00. The van der Waals surface area contributed by atoms with E-state index in [4.69, 9.17) is 18.9 Å². The summed E-state index contributed by atoms with van der Waals surface area (Å²) >= 11 is 0. The molecule has 0 fully saturated rings. The number of hydrogen-bond donors (Lipinski definition) is 1. The Balaban J connectivity index is 3.11. The second-order valence-electron chi connectivity index (χ2n) is 3.73. The first-order valence-corrected chi connectivity index (χ1v) is 6.21. The summed E-state index contributed by atoms with van der Waals surface area (Å²) in [6, 6.07) is 0.418. The van der Waals surface area contributed by atoms with Crippen LogP contribution in [-0.4, -0.2) is 66.4 Å². The predicted octanol–water partition coefficient (Wildman–Crippen LogP) is 0.681. The zero-order valence-electron chi connectivity index (χ0n) is 11.4. The van der Waals surface area contributed by atoms with Gasteiger partial charge in [-0.3, -0.25) is 0 Å². The molecule has 1 N–H and O–H groups in total. The summed E-state index contributed by atoms with van der Waals surface area (Å²) in [4.78, 5) is 0. The van der Waals surface area contributed by atoms with Crippen molar-refractivity contribution >= 4 is 0 Å². The Bertz CT molecular complexity index is 146. The predicted molar refractivity (Wildman–Crippen MR) is 67.5 cm³/mol. The van der Waals surface area contributed by atoms with Gasteiger partial charge in [0.2, 0.25) is 0 Å². The molecule has 0 aliphatic rings. The molecule has 0 amide bonds. The molecule has 1 atom stereocenters. The van der Waals surface area contributed by atoms with E-state index in [-0.39, 0.29) is 0 Å². The molecule has 0 spiro atoms. The Morgan fingerprint density at radius 1 is 0.882 bits per heavy atom. The van der Waals surface area contributed by atoms with Gasteiger partial charge in [-0.25, -0.2) is 0 Å². The topological polar surface area (TPSA) is 49.0 Å². The van der Waals surface area contributed by atoms with Gasteiger partial charge in [0.15, 0.2) is 0 Å². The van der Waals surface area contributed by atoms with Gasteiger partial charge in [0.25, 0.3) is 0 Å². The van der Waals surface area contributed by atoms with Crippen LogP contribution in [0.25, 0.3) is 0 Å². The Morgan fingerprint density at radius 3 is 2.12 bits per heavy atom. The molecule has 1 unspecified atom stereocenters. The van der Waals surface area contributed by atoms with Crippen molar-refractivity contribution in [3.8, 4) is 0 Å². The molecule has 5 heteroatoms. The first-order valence-electron chi connectivity index (χ1n) is 6.21. The molecule has 104 valence electrons. The van der Waals surface area contributed by atoms with Gasteiger partial charge >= 0.3 is 0 Å². The maximum atomic E-state index is 5.42. The van der Waals surface area contributed by atoms with E-state index in [1.165, 1.54) is 0 Å². The third-order valence-corrected chi connectivity index (χ3v) is 2.34. The van der Waals surface area contributed by atoms with E-state index in [0.29, 0.717) is 39.1 Å². The van der Waals surface area contributed by atoms with Crippen molar-refractivity contribution in [3.63, 3.8) is 0 Å². The zero-order chi connectivity index (χ0) is 12.8. The molecular weight excluding hydrogens is 222 g/mol. The van der Waals surface area contributed by atoms with E-state index in [9.17, 15) is 0 Å². The van der Waals surface area contributed by atoms with Crippen LogP contribution in [0.4, 0.5) is 0 Å². The van der Waals surface area contributed by atoms with E-state index in [2.05, 4.69) is 12.2 Å². The monoisotopic (exact) mass is 249 g/mol. The number of hydrogen-bond acceptors (Lipinski definition) is 5. The Kier molecular flexibility index (Phi) is 13.7. The average Bonchev–Trinajstić information content (AvgIpc) is 2.35. The van der Waals surface area contributed by atoms with Crippen LogP contribution in [0.5, 0.6) is 0 Å². The molecule has 0 aliphatic heterocycles. The first-order chi connectivity index (χ1) is 8.35.